The van der Waals surface area contributed by atoms with Crippen LogP contribution in [-0.4, -0.2) is 51.5 Å². The van der Waals surface area contributed by atoms with E-state index in [1.54, 1.807) is 36.3 Å². The number of rotatable bonds is 6. The minimum atomic E-state index is 0.0236. The minimum absolute atomic E-state index is 0.0236. The van der Waals surface area contributed by atoms with E-state index in [2.05, 4.69) is 32.6 Å². The summed E-state index contributed by atoms with van der Waals surface area (Å²) < 4.78 is 19.6. The van der Waals surface area contributed by atoms with Gasteiger partial charge < -0.3 is 19.1 Å². The van der Waals surface area contributed by atoms with Crippen molar-refractivity contribution < 1.29 is 14.2 Å². The summed E-state index contributed by atoms with van der Waals surface area (Å²) >= 11 is 0. The van der Waals surface area contributed by atoms with E-state index in [9.17, 15) is 5.26 Å². The quantitative estimate of drug-likeness (QED) is 0.567. The number of aromatic nitrogens is 4. The average Bonchev–Trinajstić information content (AvgIpc) is 3.44. The molecule has 9 nitrogen and oxygen atoms in total. The van der Waals surface area contributed by atoms with E-state index in [0.29, 0.717) is 22.8 Å². The molecule has 1 unspecified atom stereocenters. The van der Waals surface area contributed by atoms with Gasteiger partial charge in [0.05, 0.1) is 30.3 Å². The number of nitriles is 1. The minimum Gasteiger partial charge on any atom is -0.488 e. The van der Waals surface area contributed by atoms with Crippen LogP contribution in [0.3, 0.4) is 0 Å². The second kappa shape index (κ2) is 9.08. The van der Waals surface area contributed by atoms with Gasteiger partial charge in [0.15, 0.2) is 0 Å². The van der Waals surface area contributed by atoms with Crippen LogP contribution in [0.1, 0.15) is 37.7 Å². The highest BCUT2D eigenvalue weighted by Crippen LogP contribution is 2.36. The van der Waals surface area contributed by atoms with Gasteiger partial charge in [-0.1, -0.05) is 6.58 Å². The Balaban J connectivity index is 1.35. The maximum Gasteiger partial charge on any atom is 0.316 e. The Morgan fingerprint density at radius 3 is 2.48 bits per heavy atom. The summed E-state index contributed by atoms with van der Waals surface area (Å²) in [6.45, 7) is 4.92. The van der Waals surface area contributed by atoms with E-state index >= 15 is 0 Å². The van der Waals surface area contributed by atoms with E-state index in [-0.39, 0.29) is 18.3 Å². The molecule has 1 atom stereocenters. The summed E-state index contributed by atoms with van der Waals surface area (Å²) in [6.07, 6.45) is 11.2. The summed E-state index contributed by atoms with van der Waals surface area (Å²) in [5.41, 5.74) is 3.09. The maximum absolute atomic E-state index is 9.59. The summed E-state index contributed by atoms with van der Waals surface area (Å²) in [5.74, 6) is 0.658. The molecule has 1 aliphatic heterocycles. The van der Waals surface area contributed by atoms with Gasteiger partial charge in [0.1, 0.15) is 29.0 Å². The topological polar surface area (TPSA) is 97.8 Å². The highest BCUT2D eigenvalue weighted by Gasteiger charge is 2.29. The molecule has 5 rings (SSSR count). The van der Waals surface area contributed by atoms with Gasteiger partial charge in [-0.05, 0) is 31.7 Å². The lowest BCUT2D eigenvalue weighted by Gasteiger charge is -2.29. The highest BCUT2D eigenvalue weighted by molar-refractivity contribution is 5.73. The zero-order valence-electron chi connectivity index (χ0n) is 18.6. The zero-order chi connectivity index (χ0) is 22.8. The molecule has 2 aliphatic rings. The van der Waals surface area contributed by atoms with Gasteiger partial charge in [-0.15, -0.1) is 0 Å². The van der Waals surface area contributed by atoms with Crippen LogP contribution in [0.2, 0.25) is 0 Å². The van der Waals surface area contributed by atoms with Gasteiger partial charge in [0, 0.05) is 44.2 Å². The molecule has 0 radical (unpaired) electrons. The van der Waals surface area contributed by atoms with Gasteiger partial charge in [0.25, 0.3) is 0 Å². The molecular formula is C24H26N6O3. The molecule has 0 aromatic carbocycles. The number of anilines is 1. The van der Waals surface area contributed by atoms with Gasteiger partial charge >= 0.3 is 6.01 Å². The summed E-state index contributed by atoms with van der Waals surface area (Å²) in [5, 5.41) is 14.0. The number of hydrogen-bond donors (Lipinski definition) is 0. The van der Waals surface area contributed by atoms with Crippen LogP contribution in [0.5, 0.6) is 11.8 Å². The molecule has 33 heavy (non-hydrogen) atoms. The summed E-state index contributed by atoms with van der Waals surface area (Å²) in [7, 11) is 1.72. The first-order valence-electron chi connectivity index (χ1n) is 11.1. The molecular weight excluding hydrogens is 420 g/mol. The third-order valence-electron chi connectivity index (χ3n) is 6.29. The molecule has 1 aliphatic carbocycles. The molecule has 0 amide bonds. The van der Waals surface area contributed by atoms with Crippen LogP contribution in [0.4, 0.5) is 5.69 Å². The Morgan fingerprint density at radius 2 is 1.82 bits per heavy atom. The first-order chi connectivity index (χ1) is 16.1. The van der Waals surface area contributed by atoms with Crippen molar-refractivity contribution in [2.75, 3.05) is 18.6 Å². The van der Waals surface area contributed by atoms with Crippen molar-refractivity contribution in [1.82, 2.24) is 19.6 Å². The van der Waals surface area contributed by atoms with Gasteiger partial charge in [-0.2, -0.15) is 10.4 Å². The molecule has 170 valence electrons. The number of hydrogen-bond acceptors (Lipinski definition) is 8. The number of pyridine rings is 1. The third-order valence-corrected chi connectivity index (χ3v) is 6.29. The zero-order valence-corrected chi connectivity index (χ0v) is 18.6. The Morgan fingerprint density at radius 1 is 1.09 bits per heavy atom. The monoisotopic (exact) mass is 446 g/mol. The van der Waals surface area contributed by atoms with Crippen LogP contribution in [0.25, 0.3) is 5.52 Å². The molecule has 1 saturated heterocycles. The van der Waals surface area contributed by atoms with Crippen LogP contribution >= 0.6 is 0 Å². The molecule has 1 saturated carbocycles. The second-order valence-electron chi connectivity index (χ2n) is 8.43. The largest absolute Gasteiger partial charge is 0.488 e. The lowest BCUT2D eigenvalue weighted by molar-refractivity contribution is 0.0756. The lowest BCUT2D eigenvalue weighted by Crippen LogP contribution is -2.30. The van der Waals surface area contributed by atoms with E-state index < -0.39 is 0 Å². The fraction of sp³-hybridized carbons (Fsp3) is 0.417. The van der Waals surface area contributed by atoms with E-state index in [1.807, 2.05) is 12.3 Å². The van der Waals surface area contributed by atoms with Crippen molar-refractivity contribution in [3.05, 3.63) is 54.8 Å². The molecule has 9 heteroatoms. The molecule has 3 aromatic rings. The smallest absolute Gasteiger partial charge is 0.316 e. The molecule has 2 fully saturated rings. The summed E-state index contributed by atoms with van der Waals surface area (Å²) in [6, 6.07) is 6.40. The first-order valence-corrected chi connectivity index (χ1v) is 11.1. The van der Waals surface area contributed by atoms with Crippen LogP contribution in [-0.2, 0) is 4.74 Å². The van der Waals surface area contributed by atoms with Crippen molar-refractivity contribution in [2.24, 2.45) is 0 Å². The fourth-order valence-electron chi connectivity index (χ4n) is 4.55. The van der Waals surface area contributed by atoms with Crippen molar-refractivity contribution in [1.29, 1.82) is 5.26 Å². The third kappa shape index (κ3) is 4.34. The van der Waals surface area contributed by atoms with Crippen molar-refractivity contribution in [2.45, 2.75) is 50.4 Å². The van der Waals surface area contributed by atoms with Crippen LogP contribution in [0, 0.1) is 11.3 Å². The first kappa shape index (κ1) is 21.2. The van der Waals surface area contributed by atoms with E-state index in [4.69, 9.17) is 14.2 Å². The van der Waals surface area contributed by atoms with Gasteiger partial charge in [-0.3, -0.25) is 0 Å². The van der Waals surface area contributed by atoms with Crippen LogP contribution in [0.15, 0.2) is 49.2 Å². The predicted molar refractivity (Wildman–Crippen MR) is 121 cm³/mol. The standard InChI is InChI=1S/C24H26N6O3/c1-16-10-21(31-2)15-29(16)18-11-22(23-17(12-25)13-28-30(23)14-18)32-19-4-6-20(7-5-19)33-24-26-8-3-9-27-24/h3,8-9,11,13-14,19-21H,1,4-7,10,15H2,2H3. The number of nitrogens with zero attached hydrogens (tertiary/aromatic N) is 6. The lowest BCUT2D eigenvalue weighted by atomic mass is 9.95. The van der Waals surface area contributed by atoms with Crippen molar-refractivity contribution in [3.63, 3.8) is 0 Å². The van der Waals surface area contributed by atoms with Crippen molar-refractivity contribution >= 4 is 11.2 Å². The Labute approximate surface area is 192 Å². The second-order valence-corrected chi connectivity index (χ2v) is 8.43. The number of fused-ring (bicyclic) bond motifs is 1. The normalized spacial score (nSPS) is 23.0. The molecule has 0 bridgehead atoms. The van der Waals surface area contributed by atoms with E-state index in [1.165, 1.54) is 0 Å². The molecule has 0 N–H and O–H groups in total. The van der Waals surface area contributed by atoms with Gasteiger partial charge in [-0.25, -0.2) is 14.5 Å². The average molecular weight is 447 g/mol. The summed E-state index contributed by atoms with van der Waals surface area (Å²) in [4.78, 5) is 10.4. The SMILES string of the molecule is C=C1CC(OC)CN1c1cc(OC2CCC(Oc3ncccn3)CC2)c2c(C#N)cnn2c1. The predicted octanol–water partition coefficient (Wildman–Crippen LogP) is 3.50. The van der Waals surface area contributed by atoms with Gasteiger partial charge in [0.2, 0.25) is 0 Å². The fourth-order valence-corrected chi connectivity index (χ4v) is 4.55. The Bertz CT molecular complexity index is 1180. The Kier molecular flexibility index (Phi) is 5.84. The van der Waals surface area contributed by atoms with E-state index in [0.717, 1.165) is 50.0 Å². The maximum atomic E-state index is 9.59. The molecule has 0 spiro atoms. The van der Waals surface area contributed by atoms with Crippen LogP contribution < -0.4 is 14.4 Å². The Hall–Kier alpha value is -3.64. The molecule has 3 aromatic heterocycles. The highest BCUT2D eigenvalue weighted by atomic mass is 16.5. The number of methoxy groups -OCH3 is 1. The number of ether oxygens (including phenoxy) is 3. The van der Waals surface area contributed by atoms with Crippen molar-refractivity contribution in [3.8, 4) is 17.8 Å². The molecule has 4 heterocycles.